The summed E-state index contributed by atoms with van der Waals surface area (Å²) in [7, 11) is 0. The first-order valence-electron chi connectivity index (χ1n) is 11.8. The van der Waals surface area contributed by atoms with Gasteiger partial charge < -0.3 is 19.1 Å². The number of hydrogen-bond donors (Lipinski definition) is 1. The average molecular weight is 452 g/mol. The molecule has 0 aliphatic carbocycles. The van der Waals surface area contributed by atoms with Crippen molar-refractivity contribution < 1.29 is 19.4 Å². The van der Waals surface area contributed by atoms with Crippen molar-refractivity contribution in [3.8, 4) is 0 Å². The predicted octanol–water partition coefficient (Wildman–Crippen LogP) is 5.24. The van der Waals surface area contributed by atoms with E-state index in [1.165, 1.54) is 10.5 Å². The van der Waals surface area contributed by atoms with Gasteiger partial charge in [0.2, 0.25) is 0 Å². The van der Waals surface area contributed by atoms with Crippen molar-refractivity contribution in [1.82, 2.24) is 9.55 Å². The molecule has 1 atom stereocenters. The Balaban J connectivity index is 1.76. The molecular formula is C26H33N3O4. The first-order chi connectivity index (χ1) is 16.0. The summed E-state index contributed by atoms with van der Waals surface area (Å²) in [5.41, 5.74) is 4.90. The molecule has 0 spiro atoms. The summed E-state index contributed by atoms with van der Waals surface area (Å²) in [6.07, 6.45) is 1.85. The number of ether oxygens (including phenoxy) is 2. The number of amides is 1. The Morgan fingerprint density at radius 1 is 1.15 bits per heavy atom. The number of imidazole rings is 1. The molecule has 0 saturated heterocycles. The topological polar surface area (TPSA) is 76.8 Å². The van der Waals surface area contributed by atoms with E-state index >= 15 is 0 Å². The van der Waals surface area contributed by atoms with Crippen LogP contribution in [0.25, 0.3) is 11.0 Å². The molecule has 1 aliphatic heterocycles. The minimum absolute atomic E-state index is 0.0449. The molecule has 0 unspecified atom stereocenters. The highest BCUT2D eigenvalue weighted by atomic mass is 16.7. The molecule has 7 heteroatoms. The van der Waals surface area contributed by atoms with Gasteiger partial charge in [0.15, 0.2) is 6.29 Å². The first-order valence-corrected chi connectivity index (χ1v) is 11.8. The van der Waals surface area contributed by atoms with Gasteiger partial charge in [0.05, 0.1) is 16.7 Å². The van der Waals surface area contributed by atoms with Crippen LogP contribution in [0.2, 0.25) is 0 Å². The molecule has 3 aromatic rings. The molecule has 1 N–H and O–H groups in total. The van der Waals surface area contributed by atoms with E-state index < -0.39 is 6.09 Å². The lowest BCUT2D eigenvalue weighted by atomic mass is 9.96. The van der Waals surface area contributed by atoms with Crippen LogP contribution in [0.3, 0.4) is 0 Å². The summed E-state index contributed by atoms with van der Waals surface area (Å²) in [6, 6.07) is 14.2. The summed E-state index contributed by atoms with van der Waals surface area (Å²) in [4.78, 5) is 18.5. The monoisotopic (exact) mass is 451 g/mol. The maximum absolute atomic E-state index is 11.9. The lowest BCUT2D eigenvalue weighted by molar-refractivity contribution is -0.140. The van der Waals surface area contributed by atoms with Crippen molar-refractivity contribution in [2.45, 2.75) is 65.3 Å². The van der Waals surface area contributed by atoms with E-state index in [9.17, 15) is 9.90 Å². The van der Waals surface area contributed by atoms with Gasteiger partial charge in [0.1, 0.15) is 5.82 Å². The summed E-state index contributed by atoms with van der Waals surface area (Å²) < 4.78 is 13.8. The highest BCUT2D eigenvalue weighted by molar-refractivity contribution is 5.94. The molecule has 0 radical (unpaired) electrons. The van der Waals surface area contributed by atoms with E-state index in [0.717, 1.165) is 41.0 Å². The lowest BCUT2D eigenvalue weighted by Crippen LogP contribution is -2.41. The third-order valence-electron chi connectivity index (χ3n) is 6.30. The Hall–Kier alpha value is -2.90. The Labute approximate surface area is 194 Å². The molecule has 1 amide bonds. The van der Waals surface area contributed by atoms with Crippen molar-refractivity contribution in [1.29, 1.82) is 0 Å². The van der Waals surface area contributed by atoms with Gasteiger partial charge in [-0.3, -0.25) is 4.90 Å². The van der Waals surface area contributed by atoms with Crippen LogP contribution in [0.15, 0.2) is 42.5 Å². The molecule has 2 heterocycles. The SMILES string of the molecule is CCOC(CCn1c(Cc2ccccc2)nc2c3c(ccc21)N(C(=O)O)[C@@H](C)CC3)OCC. The largest absolute Gasteiger partial charge is 0.465 e. The Morgan fingerprint density at radius 2 is 1.88 bits per heavy atom. The summed E-state index contributed by atoms with van der Waals surface area (Å²) in [6.45, 7) is 7.82. The summed E-state index contributed by atoms with van der Waals surface area (Å²) in [5, 5.41) is 9.80. The number of benzene rings is 2. The van der Waals surface area contributed by atoms with Crippen molar-refractivity contribution in [2.24, 2.45) is 0 Å². The Morgan fingerprint density at radius 3 is 2.55 bits per heavy atom. The number of carboxylic acid groups (broad SMARTS) is 1. The lowest BCUT2D eigenvalue weighted by Gasteiger charge is -2.33. The zero-order valence-corrected chi connectivity index (χ0v) is 19.7. The molecule has 0 saturated carbocycles. The van der Waals surface area contributed by atoms with Crippen LogP contribution in [0.4, 0.5) is 10.5 Å². The Kier molecular flexibility index (Phi) is 7.30. The summed E-state index contributed by atoms with van der Waals surface area (Å²) in [5.74, 6) is 0.969. The van der Waals surface area contributed by atoms with Crippen LogP contribution < -0.4 is 4.90 Å². The van der Waals surface area contributed by atoms with Crippen molar-refractivity contribution in [3.05, 3.63) is 59.4 Å². The number of fused-ring (bicyclic) bond motifs is 3. The zero-order valence-electron chi connectivity index (χ0n) is 19.7. The van der Waals surface area contributed by atoms with Gasteiger partial charge >= 0.3 is 6.09 Å². The second-order valence-electron chi connectivity index (χ2n) is 8.44. The minimum Gasteiger partial charge on any atom is -0.465 e. The number of aryl methyl sites for hydroxylation is 2. The Bertz CT molecular complexity index is 1090. The highest BCUT2D eigenvalue weighted by Gasteiger charge is 2.30. The number of carbonyl (C=O) groups is 1. The van der Waals surface area contributed by atoms with Crippen molar-refractivity contribution >= 4 is 22.8 Å². The standard InChI is InChI=1S/C26H33N3O4/c1-4-32-24(33-5-2)15-16-28-22-14-13-21-20(12-11-18(3)29(21)26(30)31)25(22)27-23(28)17-19-9-7-6-8-10-19/h6-10,13-14,18,24H,4-5,11-12,15-17H2,1-3H3,(H,30,31)/t18-/m0/s1. The van der Waals surface area contributed by atoms with Gasteiger partial charge in [0.25, 0.3) is 0 Å². The fraction of sp³-hybridized carbons (Fsp3) is 0.462. The maximum atomic E-state index is 11.9. The van der Waals surface area contributed by atoms with Crippen LogP contribution >= 0.6 is 0 Å². The maximum Gasteiger partial charge on any atom is 0.412 e. The van der Waals surface area contributed by atoms with E-state index in [4.69, 9.17) is 14.5 Å². The van der Waals surface area contributed by atoms with Gasteiger partial charge in [-0.15, -0.1) is 0 Å². The smallest absolute Gasteiger partial charge is 0.412 e. The second kappa shape index (κ2) is 10.4. The van der Waals surface area contributed by atoms with Crippen LogP contribution in [0.5, 0.6) is 0 Å². The van der Waals surface area contributed by atoms with E-state index in [2.05, 4.69) is 16.7 Å². The average Bonchev–Trinajstić information content (AvgIpc) is 3.15. The molecule has 0 fully saturated rings. The minimum atomic E-state index is -0.914. The third-order valence-corrected chi connectivity index (χ3v) is 6.30. The normalized spacial score (nSPS) is 15.9. The van der Waals surface area contributed by atoms with E-state index in [1.54, 1.807) is 0 Å². The first kappa shape index (κ1) is 23.3. The zero-order chi connectivity index (χ0) is 23.4. The molecule has 1 aromatic heterocycles. The van der Waals surface area contributed by atoms with Gasteiger partial charge in [-0.1, -0.05) is 30.3 Å². The van der Waals surface area contributed by atoms with E-state index in [0.29, 0.717) is 32.6 Å². The van der Waals surface area contributed by atoms with Gasteiger partial charge in [-0.05, 0) is 51.3 Å². The fourth-order valence-electron chi connectivity index (χ4n) is 4.75. The number of aromatic nitrogens is 2. The van der Waals surface area contributed by atoms with Gasteiger partial charge in [0, 0.05) is 44.2 Å². The van der Waals surface area contributed by atoms with Crippen LogP contribution in [-0.2, 0) is 28.9 Å². The fourth-order valence-corrected chi connectivity index (χ4v) is 4.75. The molecule has 176 valence electrons. The van der Waals surface area contributed by atoms with E-state index in [-0.39, 0.29) is 12.3 Å². The van der Waals surface area contributed by atoms with Crippen LogP contribution in [0.1, 0.15) is 50.6 Å². The molecule has 1 aliphatic rings. The number of rotatable bonds is 9. The van der Waals surface area contributed by atoms with Crippen molar-refractivity contribution in [3.63, 3.8) is 0 Å². The molecule has 0 bridgehead atoms. The predicted molar refractivity (Wildman–Crippen MR) is 129 cm³/mol. The number of hydrogen-bond acceptors (Lipinski definition) is 4. The summed E-state index contributed by atoms with van der Waals surface area (Å²) >= 11 is 0. The highest BCUT2D eigenvalue weighted by Crippen LogP contribution is 2.36. The molecule has 7 nitrogen and oxygen atoms in total. The van der Waals surface area contributed by atoms with Crippen LogP contribution in [0, 0.1) is 0 Å². The third kappa shape index (κ3) is 4.89. The molecule has 4 rings (SSSR count). The second-order valence-corrected chi connectivity index (χ2v) is 8.44. The molecule has 33 heavy (non-hydrogen) atoms. The quantitative estimate of drug-likeness (QED) is 0.451. The number of nitrogens with zero attached hydrogens (tertiary/aromatic N) is 3. The van der Waals surface area contributed by atoms with E-state index in [1.807, 2.05) is 51.1 Å². The molecular weight excluding hydrogens is 418 g/mol. The van der Waals surface area contributed by atoms with Crippen LogP contribution in [-0.4, -0.2) is 46.3 Å². The molecule has 2 aromatic carbocycles. The van der Waals surface area contributed by atoms with Crippen molar-refractivity contribution in [2.75, 3.05) is 18.1 Å². The van der Waals surface area contributed by atoms with Gasteiger partial charge in [-0.2, -0.15) is 0 Å². The number of anilines is 1. The van der Waals surface area contributed by atoms with Gasteiger partial charge in [-0.25, -0.2) is 9.78 Å².